The molecule has 0 unspecified atom stereocenters. The first-order chi connectivity index (χ1) is 15.2. The Balaban J connectivity index is 1.56. The number of nitrogens with one attached hydrogen (secondary N) is 1. The SMILES string of the molecule is C=CC(=O)OCCNC(=O)OCCCCCCOC1=C(c2ccccc2)CC=CC=C1. The first kappa shape index (κ1) is 24.0. The lowest BCUT2D eigenvalue weighted by Gasteiger charge is -2.13. The van der Waals surface area contributed by atoms with Crippen LogP contribution in [0.1, 0.15) is 37.7 Å². The third-order valence-electron chi connectivity index (χ3n) is 4.55. The van der Waals surface area contributed by atoms with Crippen LogP contribution >= 0.6 is 0 Å². The lowest BCUT2D eigenvalue weighted by molar-refractivity contribution is -0.137. The molecule has 1 aromatic rings. The number of alkyl carbamates (subject to hydrolysis) is 1. The zero-order valence-corrected chi connectivity index (χ0v) is 17.9. The molecule has 0 radical (unpaired) electrons. The van der Waals surface area contributed by atoms with Crippen molar-refractivity contribution in [2.24, 2.45) is 0 Å². The van der Waals surface area contributed by atoms with Crippen molar-refractivity contribution in [3.8, 4) is 0 Å². The number of allylic oxidation sites excluding steroid dienone is 5. The number of carbonyl (C=O) groups excluding carboxylic acids is 2. The molecule has 0 saturated carbocycles. The van der Waals surface area contributed by atoms with Crippen molar-refractivity contribution < 1.29 is 23.8 Å². The van der Waals surface area contributed by atoms with E-state index in [2.05, 4.69) is 30.1 Å². The molecule has 1 amide bonds. The average Bonchev–Trinajstić information content (AvgIpc) is 3.04. The van der Waals surface area contributed by atoms with Crippen molar-refractivity contribution in [2.45, 2.75) is 32.1 Å². The summed E-state index contributed by atoms with van der Waals surface area (Å²) in [6, 6.07) is 10.3. The first-order valence-corrected chi connectivity index (χ1v) is 10.6. The lowest BCUT2D eigenvalue weighted by Crippen LogP contribution is -2.28. The average molecular weight is 426 g/mol. The second-order valence-electron chi connectivity index (χ2n) is 6.90. The molecule has 0 aliphatic heterocycles. The summed E-state index contributed by atoms with van der Waals surface area (Å²) in [5.41, 5.74) is 2.38. The van der Waals surface area contributed by atoms with Crippen LogP contribution in [0.5, 0.6) is 0 Å². The van der Waals surface area contributed by atoms with Crippen LogP contribution in [-0.4, -0.2) is 38.4 Å². The Labute approximate surface area is 184 Å². The normalized spacial score (nSPS) is 12.8. The highest BCUT2D eigenvalue weighted by Gasteiger charge is 2.09. The van der Waals surface area contributed by atoms with Crippen molar-refractivity contribution in [1.29, 1.82) is 0 Å². The molecule has 1 aromatic carbocycles. The van der Waals surface area contributed by atoms with Gasteiger partial charge in [-0.1, -0.05) is 55.1 Å². The van der Waals surface area contributed by atoms with E-state index >= 15 is 0 Å². The molecule has 1 aliphatic rings. The number of hydrogen-bond acceptors (Lipinski definition) is 5. The fourth-order valence-electron chi connectivity index (χ4n) is 2.96. The number of carbonyl (C=O) groups is 2. The molecule has 0 aromatic heterocycles. The number of hydrogen-bond donors (Lipinski definition) is 1. The lowest BCUT2D eigenvalue weighted by atomic mass is 10.0. The third-order valence-corrected chi connectivity index (χ3v) is 4.55. The first-order valence-electron chi connectivity index (χ1n) is 10.6. The van der Waals surface area contributed by atoms with Crippen LogP contribution in [0.4, 0.5) is 4.79 Å². The van der Waals surface area contributed by atoms with Crippen LogP contribution in [0, 0.1) is 0 Å². The molecule has 166 valence electrons. The largest absolute Gasteiger partial charge is 0.493 e. The van der Waals surface area contributed by atoms with E-state index in [1.807, 2.05) is 36.4 Å². The highest BCUT2D eigenvalue weighted by Crippen LogP contribution is 2.26. The number of esters is 1. The molecule has 0 saturated heterocycles. The number of benzene rings is 1. The van der Waals surface area contributed by atoms with Crippen LogP contribution < -0.4 is 5.32 Å². The van der Waals surface area contributed by atoms with Crippen LogP contribution in [0.15, 0.2) is 73.1 Å². The fraction of sp³-hybridized carbons (Fsp3) is 0.360. The molecule has 0 bridgehead atoms. The molecule has 1 aliphatic carbocycles. The summed E-state index contributed by atoms with van der Waals surface area (Å²) in [7, 11) is 0. The van der Waals surface area contributed by atoms with Gasteiger partial charge in [-0.3, -0.25) is 0 Å². The highest BCUT2D eigenvalue weighted by molar-refractivity contribution is 5.81. The molecular formula is C25H31NO5. The molecule has 0 spiro atoms. The number of unbranched alkanes of at least 4 members (excludes halogenated alkanes) is 3. The van der Waals surface area contributed by atoms with E-state index in [1.54, 1.807) is 0 Å². The van der Waals surface area contributed by atoms with Gasteiger partial charge in [0.2, 0.25) is 0 Å². The minimum Gasteiger partial charge on any atom is -0.493 e. The number of amides is 1. The number of rotatable bonds is 13. The maximum atomic E-state index is 11.5. The Hall–Kier alpha value is -3.28. The molecule has 0 atom stereocenters. The summed E-state index contributed by atoms with van der Waals surface area (Å²) in [6.45, 7) is 4.60. The predicted octanol–water partition coefficient (Wildman–Crippen LogP) is 4.95. The van der Waals surface area contributed by atoms with Crippen LogP contribution in [0.3, 0.4) is 0 Å². The van der Waals surface area contributed by atoms with Gasteiger partial charge in [-0.25, -0.2) is 9.59 Å². The smallest absolute Gasteiger partial charge is 0.407 e. The van der Waals surface area contributed by atoms with Gasteiger partial charge in [-0.2, -0.15) is 0 Å². The Bertz CT molecular complexity index is 795. The second kappa shape index (κ2) is 14.7. The van der Waals surface area contributed by atoms with Gasteiger partial charge in [0.25, 0.3) is 0 Å². The molecule has 0 heterocycles. The van der Waals surface area contributed by atoms with E-state index in [4.69, 9.17) is 14.2 Å². The summed E-state index contributed by atoms with van der Waals surface area (Å²) in [5, 5.41) is 2.52. The standard InChI is InChI=1S/C25H31NO5/c1-2-24(27)30-20-17-26-25(28)31-19-12-4-3-11-18-29-23-16-10-6-9-15-22(23)21-13-7-5-8-14-21/h2,5-10,13-14,16H,1,3-4,11-12,15,17-20H2,(H,26,28). The Morgan fingerprint density at radius 2 is 1.74 bits per heavy atom. The van der Waals surface area contributed by atoms with Crippen molar-refractivity contribution in [1.82, 2.24) is 5.32 Å². The summed E-state index contributed by atoms with van der Waals surface area (Å²) >= 11 is 0. The van der Waals surface area contributed by atoms with E-state index in [0.717, 1.165) is 43.9 Å². The molecular weight excluding hydrogens is 394 g/mol. The molecule has 0 fully saturated rings. The summed E-state index contributed by atoms with van der Waals surface area (Å²) in [5.74, 6) is 0.411. The third kappa shape index (κ3) is 9.85. The van der Waals surface area contributed by atoms with Crippen LogP contribution in [0.2, 0.25) is 0 Å². The van der Waals surface area contributed by atoms with Crippen LogP contribution in [-0.2, 0) is 19.0 Å². The van der Waals surface area contributed by atoms with Gasteiger partial charge in [-0.15, -0.1) is 0 Å². The van der Waals surface area contributed by atoms with Gasteiger partial charge in [-0.05, 0) is 43.7 Å². The van der Waals surface area contributed by atoms with E-state index in [0.29, 0.717) is 13.2 Å². The van der Waals surface area contributed by atoms with Gasteiger partial charge < -0.3 is 19.5 Å². The Kier molecular flexibility index (Phi) is 11.3. The van der Waals surface area contributed by atoms with Gasteiger partial charge in [0, 0.05) is 11.6 Å². The minimum absolute atomic E-state index is 0.0909. The predicted molar refractivity (Wildman–Crippen MR) is 121 cm³/mol. The molecule has 6 heteroatoms. The zero-order chi connectivity index (χ0) is 22.2. The molecule has 6 nitrogen and oxygen atoms in total. The molecule has 1 N–H and O–H groups in total. The summed E-state index contributed by atoms with van der Waals surface area (Å²) < 4.78 is 15.9. The maximum absolute atomic E-state index is 11.5. The van der Waals surface area contributed by atoms with Crippen LogP contribution in [0.25, 0.3) is 5.57 Å². The van der Waals surface area contributed by atoms with Gasteiger partial charge in [0.1, 0.15) is 12.4 Å². The Morgan fingerprint density at radius 3 is 2.52 bits per heavy atom. The highest BCUT2D eigenvalue weighted by atomic mass is 16.6. The van der Waals surface area contributed by atoms with Gasteiger partial charge >= 0.3 is 12.1 Å². The fourth-order valence-corrected chi connectivity index (χ4v) is 2.96. The van der Waals surface area contributed by atoms with Crippen molar-refractivity contribution in [3.05, 3.63) is 78.6 Å². The monoisotopic (exact) mass is 425 g/mol. The van der Waals surface area contributed by atoms with E-state index < -0.39 is 12.1 Å². The quantitative estimate of drug-likeness (QED) is 0.275. The van der Waals surface area contributed by atoms with E-state index in [9.17, 15) is 9.59 Å². The van der Waals surface area contributed by atoms with Crippen molar-refractivity contribution in [3.63, 3.8) is 0 Å². The maximum Gasteiger partial charge on any atom is 0.407 e. The van der Waals surface area contributed by atoms with Crippen molar-refractivity contribution >= 4 is 17.6 Å². The van der Waals surface area contributed by atoms with Crippen molar-refractivity contribution in [2.75, 3.05) is 26.4 Å². The number of ether oxygens (including phenoxy) is 3. The summed E-state index contributed by atoms with van der Waals surface area (Å²) in [4.78, 5) is 22.4. The second-order valence-corrected chi connectivity index (χ2v) is 6.90. The zero-order valence-electron chi connectivity index (χ0n) is 17.9. The summed E-state index contributed by atoms with van der Waals surface area (Å²) in [6.07, 6.45) is 13.3. The van der Waals surface area contributed by atoms with E-state index in [1.165, 1.54) is 11.1 Å². The van der Waals surface area contributed by atoms with E-state index in [-0.39, 0.29) is 13.2 Å². The molecule has 2 rings (SSSR count). The Morgan fingerprint density at radius 1 is 0.968 bits per heavy atom. The topological polar surface area (TPSA) is 73.9 Å². The minimum atomic E-state index is -0.515. The van der Waals surface area contributed by atoms with Gasteiger partial charge in [0.05, 0.1) is 19.8 Å². The van der Waals surface area contributed by atoms with Gasteiger partial charge in [0.15, 0.2) is 0 Å². The molecule has 31 heavy (non-hydrogen) atoms.